The third-order valence-corrected chi connectivity index (χ3v) is 6.35. The third-order valence-electron chi connectivity index (χ3n) is 6.10. The molecule has 0 N–H and O–H groups in total. The minimum absolute atomic E-state index is 0.358. The van der Waals surface area contributed by atoms with Gasteiger partial charge in [0.15, 0.2) is 0 Å². The molecule has 3 heteroatoms. The van der Waals surface area contributed by atoms with Crippen LogP contribution in [0.5, 0.6) is 0 Å². The molecular formula is C24H29ClN2. The predicted octanol–water partition coefficient (Wildman–Crippen LogP) is 5.86. The van der Waals surface area contributed by atoms with Crippen LogP contribution in [0.15, 0.2) is 54.6 Å². The maximum atomic E-state index is 10.2. The molecule has 0 spiro atoms. The molecule has 1 fully saturated rings. The first-order valence-electron chi connectivity index (χ1n) is 10.0. The van der Waals surface area contributed by atoms with Crippen LogP contribution in [0, 0.1) is 17.2 Å². The monoisotopic (exact) mass is 380 g/mol. The summed E-state index contributed by atoms with van der Waals surface area (Å²) in [6.07, 6.45) is 6.61. The molecule has 1 atom stereocenters. The topological polar surface area (TPSA) is 27.0 Å². The summed E-state index contributed by atoms with van der Waals surface area (Å²) in [6.45, 7) is 2.07. The van der Waals surface area contributed by atoms with Gasteiger partial charge in [0.05, 0.1) is 11.5 Å². The maximum Gasteiger partial charge on any atom is 0.0850 e. The molecule has 1 unspecified atom stereocenters. The molecular weight excluding hydrogens is 352 g/mol. The van der Waals surface area contributed by atoms with E-state index in [1.165, 1.54) is 24.8 Å². The van der Waals surface area contributed by atoms with Crippen molar-refractivity contribution in [2.45, 2.75) is 43.9 Å². The van der Waals surface area contributed by atoms with Crippen molar-refractivity contribution in [2.24, 2.45) is 5.92 Å². The summed E-state index contributed by atoms with van der Waals surface area (Å²) in [6, 6.07) is 21.3. The Balaban J connectivity index is 1.58. The van der Waals surface area contributed by atoms with Gasteiger partial charge in [0.2, 0.25) is 0 Å². The van der Waals surface area contributed by atoms with Crippen molar-refractivity contribution in [3.8, 4) is 6.07 Å². The van der Waals surface area contributed by atoms with Crippen molar-refractivity contribution in [3.63, 3.8) is 0 Å². The second kappa shape index (κ2) is 9.40. The van der Waals surface area contributed by atoms with E-state index in [0.717, 1.165) is 42.9 Å². The van der Waals surface area contributed by atoms with Crippen molar-refractivity contribution >= 4 is 11.6 Å². The molecule has 27 heavy (non-hydrogen) atoms. The molecule has 0 radical (unpaired) electrons. The molecule has 1 aliphatic rings. The molecule has 2 nitrogen and oxygen atoms in total. The molecule has 0 amide bonds. The van der Waals surface area contributed by atoms with Crippen molar-refractivity contribution in [2.75, 3.05) is 20.1 Å². The largest absolute Gasteiger partial charge is 0.306 e. The zero-order valence-corrected chi connectivity index (χ0v) is 17.0. The number of nitriles is 1. The van der Waals surface area contributed by atoms with Crippen LogP contribution in [-0.2, 0) is 11.8 Å². The van der Waals surface area contributed by atoms with Gasteiger partial charge in [0.1, 0.15) is 0 Å². The fourth-order valence-corrected chi connectivity index (χ4v) is 4.27. The molecule has 2 aromatic rings. The zero-order chi connectivity index (χ0) is 19.1. The number of hydrogen-bond donors (Lipinski definition) is 0. The lowest BCUT2D eigenvalue weighted by molar-refractivity contribution is 0.189. The summed E-state index contributed by atoms with van der Waals surface area (Å²) in [5.41, 5.74) is 2.17. The fourth-order valence-electron chi connectivity index (χ4n) is 4.15. The van der Waals surface area contributed by atoms with Gasteiger partial charge in [-0.15, -0.1) is 0 Å². The van der Waals surface area contributed by atoms with E-state index in [4.69, 9.17) is 11.6 Å². The highest BCUT2D eigenvalue weighted by atomic mass is 35.5. The number of likely N-dealkylation sites (N-methyl/N-ethyl adjacent to an activating group) is 1. The van der Waals surface area contributed by atoms with E-state index in [0.29, 0.717) is 5.92 Å². The second-order valence-corrected chi connectivity index (χ2v) is 8.30. The molecule has 0 aliphatic heterocycles. The van der Waals surface area contributed by atoms with E-state index >= 15 is 0 Å². The van der Waals surface area contributed by atoms with Crippen molar-refractivity contribution in [1.29, 1.82) is 5.26 Å². The van der Waals surface area contributed by atoms with Crippen molar-refractivity contribution in [1.82, 2.24) is 4.90 Å². The number of halogens is 1. The highest BCUT2D eigenvalue weighted by Gasteiger charge is 2.43. The molecule has 1 saturated carbocycles. The standard InChI is InChI=1S/C24H29ClN2/c1-27(18-15-20-7-3-2-4-8-20)17-6-16-24(19-26,21-9-5-10-21)22-11-13-23(25)14-12-22/h2-4,7-8,11-14,21H,5-6,9-10,15-18H2,1H3. The number of benzene rings is 2. The highest BCUT2D eigenvalue weighted by molar-refractivity contribution is 6.30. The predicted molar refractivity (Wildman–Crippen MR) is 113 cm³/mol. The van der Waals surface area contributed by atoms with Crippen LogP contribution in [-0.4, -0.2) is 25.0 Å². The summed E-state index contributed by atoms with van der Waals surface area (Å²) in [7, 11) is 2.18. The van der Waals surface area contributed by atoms with Gasteiger partial charge in [0.25, 0.3) is 0 Å². The van der Waals surface area contributed by atoms with Gasteiger partial charge < -0.3 is 4.90 Å². The molecule has 2 aromatic carbocycles. The Kier molecular flexibility index (Phi) is 6.94. The Hall–Kier alpha value is -1.82. The zero-order valence-electron chi connectivity index (χ0n) is 16.2. The van der Waals surface area contributed by atoms with Gasteiger partial charge >= 0.3 is 0 Å². The Labute approximate surface area is 168 Å². The molecule has 1 aliphatic carbocycles. The van der Waals surface area contributed by atoms with Gasteiger partial charge in [-0.2, -0.15) is 5.26 Å². The van der Waals surface area contributed by atoms with E-state index in [9.17, 15) is 5.26 Å². The SMILES string of the molecule is CN(CCCC(C#N)(c1ccc(Cl)cc1)C1CCC1)CCc1ccccc1. The minimum Gasteiger partial charge on any atom is -0.306 e. The van der Waals surface area contributed by atoms with Crippen LogP contribution < -0.4 is 0 Å². The van der Waals surface area contributed by atoms with Gasteiger partial charge in [-0.3, -0.25) is 0 Å². The molecule has 0 heterocycles. The van der Waals surface area contributed by atoms with E-state index in [1.54, 1.807) is 0 Å². The fraction of sp³-hybridized carbons (Fsp3) is 0.458. The third kappa shape index (κ3) is 4.92. The lowest BCUT2D eigenvalue weighted by Gasteiger charge is -2.41. The van der Waals surface area contributed by atoms with Crippen LogP contribution in [0.3, 0.4) is 0 Å². The first-order chi connectivity index (χ1) is 13.1. The van der Waals surface area contributed by atoms with Gasteiger partial charge in [-0.25, -0.2) is 0 Å². The van der Waals surface area contributed by atoms with Crippen LogP contribution in [0.2, 0.25) is 5.02 Å². The molecule has 3 rings (SSSR count). The Morgan fingerprint density at radius 3 is 2.37 bits per heavy atom. The smallest absolute Gasteiger partial charge is 0.0850 e. The van der Waals surface area contributed by atoms with E-state index < -0.39 is 0 Å². The number of hydrogen-bond acceptors (Lipinski definition) is 2. The molecule has 0 saturated heterocycles. The summed E-state index contributed by atoms with van der Waals surface area (Å²) < 4.78 is 0. The van der Waals surface area contributed by atoms with E-state index in [2.05, 4.69) is 60.5 Å². The quantitative estimate of drug-likeness (QED) is 0.545. The summed E-state index contributed by atoms with van der Waals surface area (Å²) in [4.78, 5) is 2.39. The first kappa shape index (κ1) is 19.9. The Bertz CT molecular complexity index is 746. The average molecular weight is 381 g/mol. The lowest BCUT2D eigenvalue weighted by Crippen LogP contribution is -2.39. The van der Waals surface area contributed by atoms with Gasteiger partial charge in [-0.1, -0.05) is 60.5 Å². The van der Waals surface area contributed by atoms with Crippen LogP contribution in [0.4, 0.5) is 0 Å². The Morgan fingerprint density at radius 2 is 1.78 bits per heavy atom. The summed E-state index contributed by atoms with van der Waals surface area (Å²) >= 11 is 6.07. The van der Waals surface area contributed by atoms with Crippen LogP contribution in [0.1, 0.15) is 43.2 Å². The average Bonchev–Trinajstić information content (AvgIpc) is 2.65. The minimum atomic E-state index is -0.358. The van der Waals surface area contributed by atoms with Crippen LogP contribution >= 0.6 is 11.6 Å². The van der Waals surface area contributed by atoms with Gasteiger partial charge in [0, 0.05) is 11.6 Å². The normalized spacial score (nSPS) is 16.5. The first-order valence-corrected chi connectivity index (χ1v) is 10.4. The van der Waals surface area contributed by atoms with Gasteiger partial charge in [-0.05, 0) is 74.9 Å². The van der Waals surface area contributed by atoms with E-state index in [1.807, 2.05) is 12.1 Å². The second-order valence-electron chi connectivity index (χ2n) is 7.86. The molecule has 0 aromatic heterocycles. The van der Waals surface area contributed by atoms with E-state index in [-0.39, 0.29) is 5.41 Å². The number of rotatable bonds is 9. The summed E-state index contributed by atoms with van der Waals surface area (Å²) in [5, 5.41) is 10.9. The van der Waals surface area contributed by atoms with Crippen LogP contribution in [0.25, 0.3) is 0 Å². The Morgan fingerprint density at radius 1 is 1.07 bits per heavy atom. The van der Waals surface area contributed by atoms with Crippen molar-refractivity contribution < 1.29 is 0 Å². The maximum absolute atomic E-state index is 10.2. The highest BCUT2D eigenvalue weighted by Crippen LogP contribution is 2.47. The molecule has 142 valence electrons. The molecule has 0 bridgehead atoms. The number of nitrogens with zero attached hydrogens (tertiary/aromatic N) is 2. The lowest BCUT2D eigenvalue weighted by atomic mass is 9.61. The van der Waals surface area contributed by atoms with Crippen molar-refractivity contribution in [3.05, 3.63) is 70.7 Å². The summed E-state index contributed by atoms with van der Waals surface area (Å²) in [5.74, 6) is 0.485.